The smallest absolute Gasteiger partial charge is 0.268 e. The van der Waals surface area contributed by atoms with Gasteiger partial charge < -0.3 is 30.6 Å². The van der Waals surface area contributed by atoms with Crippen molar-refractivity contribution in [2.45, 2.75) is 76.9 Å². The van der Waals surface area contributed by atoms with E-state index in [2.05, 4.69) is 53.5 Å². The molecule has 2 atom stereocenters. The molecule has 2 aromatic carbocycles. The summed E-state index contributed by atoms with van der Waals surface area (Å²) >= 11 is 1.51. The van der Waals surface area contributed by atoms with Gasteiger partial charge in [0.25, 0.3) is 5.91 Å². The van der Waals surface area contributed by atoms with Gasteiger partial charge >= 0.3 is 0 Å². The number of H-pyrrole nitrogens is 1. The molecule has 0 spiro atoms. The first kappa shape index (κ1) is 30.9. The third kappa shape index (κ3) is 7.84. The van der Waals surface area contributed by atoms with Crippen LogP contribution in [0.3, 0.4) is 0 Å². The molecule has 2 aromatic heterocycles. The van der Waals surface area contributed by atoms with Crippen molar-refractivity contribution in [3.05, 3.63) is 81.4 Å². The number of nitrogens with one attached hydrogen (secondary N) is 3. The highest BCUT2D eigenvalue weighted by molar-refractivity contribution is 7.09. The summed E-state index contributed by atoms with van der Waals surface area (Å²) in [6, 6.07) is 13.7. The Hall–Kier alpha value is -3.02. The monoisotopic (exact) mass is 594 g/mol. The van der Waals surface area contributed by atoms with E-state index >= 15 is 0 Å². The second kappa shape index (κ2) is 12.9. The van der Waals surface area contributed by atoms with Crippen molar-refractivity contribution < 1.29 is 19.8 Å². The number of aromatic nitrogens is 2. The molecule has 41 heavy (non-hydrogen) atoms. The number of aromatic amines is 1. The standard InChI is InChI=1S/C31H42N4O4SSi/c1-20(33-17-25(16-31(2,3)41(4,5)39)22-7-9-28(37)24(14-22)19-36)12-21-6-8-26-23(13-21)15-27(35-26)30(38)34-18-29-32-10-11-40-29/h6-11,13-15,20,25,33,35-37,39H,12,16-19H2,1-5H3,(H,34,38)/t20-,25+/m1/s1. The van der Waals surface area contributed by atoms with E-state index in [0.29, 0.717) is 24.3 Å². The van der Waals surface area contributed by atoms with Gasteiger partial charge in [0.05, 0.1) is 13.2 Å². The molecule has 1 amide bonds. The fraction of sp³-hybridized carbons (Fsp3) is 0.419. The van der Waals surface area contributed by atoms with Gasteiger partial charge in [0, 0.05) is 40.6 Å². The molecule has 220 valence electrons. The van der Waals surface area contributed by atoms with Crippen molar-refractivity contribution in [2.24, 2.45) is 0 Å². The maximum Gasteiger partial charge on any atom is 0.268 e. The van der Waals surface area contributed by atoms with Gasteiger partial charge in [-0.15, -0.1) is 11.3 Å². The lowest BCUT2D eigenvalue weighted by Crippen LogP contribution is -2.41. The number of nitrogens with zero attached hydrogens (tertiary/aromatic N) is 1. The summed E-state index contributed by atoms with van der Waals surface area (Å²) < 4.78 is 0. The largest absolute Gasteiger partial charge is 0.508 e. The van der Waals surface area contributed by atoms with Crippen LogP contribution < -0.4 is 10.6 Å². The fourth-order valence-electron chi connectivity index (χ4n) is 4.95. The van der Waals surface area contributed by atoms with Gasteiger partial charge in [-0.2, -0.15) is 0 Å². The third-order valence-electron chi connectivity index (χ3n) is 8.23. The first-order valence-electron chi connectivity index (χ1n) is 14.0. The Morgan fingerprint density at radius 3 is 2.63 bits per heavy atom. The SMILES string of the molecule is C[C@H](Cc1ccc2[nH]c(C(=O)NCc3nccs3)cc2c1)NC[C@H](CC(C)(C)[Si](C)(C)O)c1ccc(O)c(CO)c1. The lowest BCUT2D eigenvalue weighted by molar-refractivity contribution is 0.0946. The number of aliphatic hydroxyl groups excluding tert-OH is 1. The number of amides is 1. The van der Waals surface area contributed by atoms with Gasteiger partial charge in [0.2, 0.25) is 0 Å². The van der Waals surface area contributed by atoms with Crippen LogP contribution in [0, 0.1) is 0 Å². The van der Waals surface area contributed by atoms with Crippen LogP contribution >= 0.6 is 11.3 Å². The summed E-state index contributed by atoms with van der Waals surface area (Å²) in [6.07, 6.45) is 3.31. The number of hydrogen-bond donors (Lipinski definition) is 6. The van der Waals surface area contributed by atoms with Crippen LogP contribution in [0.15, 0.2) is 54.0 Å². The van der Waals surface area contributed by atoms with Crippen molar-refractivity contribution in [2.75, 3.05) is 6.54 Å². The van der Waals surface area contributed by atoms with E-state index < -0.39 is 8.32 Å². The van der Waals surface area contributed by atoms with E-state index in [1.807, 2.05) is 42.7 Å². The van der Waals surface area contributed by atoms with Crippen molar-refractivity contribution in [1.82, 2.24) is 20.6 Å². The number of carbonyl (C=O) groups excluding carboxylic acids is 1. The Kier molecular flexibility index (Phi) is 9.71. The molecule has 0 fully saturated rings. The highest BCUT2D eigenvalue weighted by atomic mass is 32.1. The Labute approximate surface area is 247 Å². The van der Waals surface area contributed by atoms with Crippen molar-refractivity contribution in [1.29, 1.82) is 0 Å². The van der Waals surface area contributed by atoms with Gasteiger partial charge in [-0.25, -0.2) is 4.98 Å². The van der Waals surface area contributed by atoms with Gasteiger partial charge in [0.1, 0.15) is 16.5 Å². The van der Waals surface area contributed by atoms with Crippen LogP contribution in [0.4, 0.5) is 0 Å². The lowest BCUT2D eigenvalue weighted by atomic mass is 9.88. The number of fused-ring (bicyclic) bond motifs is 1. The molecule has 6 N–H and O–H groups in total. The molecule has 0 bridgehead atoms. The Morgan fingerprint density at radius 1 is 1.17 bits per heavy atom. The molecule has 0 radical (unpaired) electrons. The number of rotatable bonds is 13. The maximum absolute atomic E-state index is 12.6. The van der Waals surface area contributed by atoms with E-state index in [1.54, 1.807) is 12.3 Å². The molecule has 0 saturated heterocycles. The van der Waals surface area contributed by atoms with E-state index in [1.165, 1.54) is 16.9 Å². The van der Waals surface area contributed by atoms with Crippen molar-refractivity contribution in [3.63, 3.8) is 0 Å². The van der Waals surface area contributed by atoms with Crippen LogP contribution in [0.5, 0.6) is 5.75 Å². The molecule has 4 rings (SSSR count). The average Bonchev–Trinajstić information content (AvgIpc) is 3.59. The number of benzene rings is 2. The van der Waals surface area contributed by atoms with Crippen LogP contribution in [-0.2, 0) is 19.6 Å². The van der Waals surface area contributed by atoms with Gasteiger partial charge in [-0.1, -0.05) is 26.0 Å². The van der Waals surface area contributed by atoms with Crippen molar-refractivity contribution in [3.8, 4) is 5.75 Å². The van der Waals surface area contributed by atoms with Gasteiger partial charge in [0.15, 0.2) is 8.32 Å². The molecule has 0 aliphatic heterocycles. The van der Waals surface area contributed by atoms with E-state index in [0.717, 1.165) is 34.3 Å². The summed E-state index contributed by atoms with van der Waals surface area (Å²) in [4.78, 5) is 31.0. The highest BCUT2D eigenvalue weighted by Crippen LogP contribution is 2.44. The summed E-state index contributed by atoms with van der Waals surface area (Å²) in [5.74, 6) is 0.0253. The second-order valence-electron chi connectivity index (χ2n) is 12.1. The molecule has 10 heteroatoms. The predicted molar refractivity (Wildman–Crippen MR) is 168 cm³/mol. The summed E-state index contributed by atoms with van der Waals surface area (Å²) in [6.45, 7) is 11.2. The number of thiazole rings is 1. The Bertz CT molecular complexity index is 1460. The molecular formula is C31H42N4O4SSi. The molecule has 2 heterocycles. The third-order valence-corrected chi connectivity index (χ3v) is 12.5. The molecule has 8 nitrogen and oxygen atoms in total. The number of phenols is 1. The molecule has 0 aliphatic rings. The molecule has 0 aliphatic carbocycles. The Balaban J connectivity index is 1.42. The average molecular weight is 595 g/mol. The number of carbonyl (C=O) groups is 1. The molecular weight excluding hydrogens is 553 g/mol. The van der Waals surface area contributed by atoms with Gasteiger partial charge in [-0.05, 0) is 85.3 Å². The van der Waals surface area contributed by atoms with Crippen LogP contribution in [0.25, 0.3) is 10.9 Å². The number of aromatic hydroxyl groups is 1. The van der Waals surface area contributed by atoms with Crippen LogP contribution in [0.1, 0.15) is 65.3 Å². The minimum Gasteiger partial charge on any atom is -0.508 e. The topological polar surface area (TPSA) is 130 Å². The van der Waals surface area contributed by atoms with Crippen LogP contribution in [0.2, 0.25) is 18.1 Å². The van der Waals surface area contributed by atoms with E-state index in [4.69, 9.17) is 0 Å². The molecule has 0 unspecified atom stereocenters. The normalized spacial score (nSPS) is 13.8. The Morgan fingerprint density at radius 2 is 1.95 bits per heavy atom. The highest BCUT2D eigenvalue weighted by Gasteiger charge is 2.40. The summed E-state index contributed by atoms with van der Waals surface area (Å²) in [5.41, 5.74) is 4.15. The van der Waals surface area contributed by atoms with Crippen molar-refractivity contribution >= 4 is 36.5 Å². The second-order valence-corrected chi connectivity index (χ2v) is 17.6. The van der Waals surface area contributed by atoms with E-state index in [9.17, 15) is 19.8 Å². The fourth-order valence-corrected chi connectivity index (χ4v) is 6.25. The maximum atomic E-state index is 12.6. The molecule has 4 aromatic rings. The minimum atomic E-state index is -2.44. The zero-order chi connectivity index (χ0) is 29.8. The van der Waals surface area contributed by atoms with E-state index in [-0.39, 0.29) is 35.3 Å². The lowest BCUT2D eigenvalue weighted by Gasteiger charge is -2.38. The quantitative estimate of drug-likeness (QED) is 0.115. The number of hydrogen-bond acceptors (Lipinski definition) is 7. The predicted octanol–water partition coefficient (Wildman–Crippen LogP) is 5.42. The zero-order valence-corrected chi connectivity index (χ0v) is 26.3. The summed E-state index contributed by atoms with van der Waals surface area (Å²) in [7, 11) is -2.44. The van der Waals surface area contributed by atoms with Crippen LogP contribution in [-0.4, -0.2) is 51.8 Å². The minimum absolute atomic E-state index is 0.0905. The first-order chi connectivity index (χ1) is 19.4. The summed E-state index contributed by atoms with van der Waals surface area (Å²) in [5, 5.41) is 29.9. The van der Waals surface area contributed by atoms with Gasteiger partial charge in [-0.3, -0.25) is 4.79 Å². The first-order valence-corrected chi connectivity index (χ1v) is 17.9. The number of aliphatic hydroxyl groups is 1. The zero-order valence-electron chi connectivity index (χ0n) is 24.5. The molecule has 0 saturated carbocycles.